The summed E-state index contributed by atoms with van der Waals surface area (Å²) in [6.07, 6.45) is 0. The molecule has 0 saturated carbocycles. The van der Waals surface area contributed by atoms with E-state index in [1.165, 1.54) is 17.0 Å². The molecule has 0 aromatic carbocycles. The van der Waals surface area contributed by atoms with Crippen LogP contribution in [0.2, 0.25) is 0 Å². The molecule has 1 fully saturated rings. The number of rotatable bonds is 3. The van der Waals surface area contributed by atoms with Crippen LogP contribution in [0.5, 0.6) is 0 Å². The number of hydrogen-bond acceptors (Lipinski definition) is 5. The van der Waals surface area contributed by atoms with E-state index in [-0.39, 0.29) is 22.9 Å². The molecule has 0 spiro atoms. The van der Waals surface area contributed by atoms with Crippen LogP contribution in [0.4, 0.5) is 0 Å². The Bertz CT molecular complexity index is 527. The fraction of sp³-hybridized carbons (Fsp3) is 0.364. The summed E-state index contributed by atoms with van der Waals surface area (Å²) >= 11 is 0.873. The highest BCUT2D eigenvalue weighted by molar-refractivity contribution is 7.15. The Hall–Kier alpha value is -1.93. The molecule has 2 amide bonds. The minimum Gasteiger partial charge on any atom is -0.477 e. The van der Waals surface area contributed by atoms with E-state index in [0.717, 1.165) is 11.3 Å². The molecule has 0 bridgehead atoms. The predicted octanol–water partition coefficient (Wildman–Crippen LogP) is -0.227. The minimum absolute atomic E-state index is 0.0677. The highest BCUT2D eigenvalue weighted by atomic mass is 32.1. The van der Waals surface area contributed by atoms with Crippen LogP contribution in [-0.2, 0) is 9.53 Å². The van der Waals surface area contributed by atoms with Crippen molar-refractivity contribution in [3.8, 4) is 0 Å². The van der Waals surface area contributed by atoms with Crippen LogP contribution in [0.3, 0.4) is 0 Å². The van der Waals surface area contributed by atoms with E-state index < -0.39 is 23.8 Å². The number of ether oxygens (including phenoxy) is 1. The number of carboxylic acid groups (broad SMARTS) is 1. The van der Waals surface area contributed by atoms with Gasteiger partial charge in [0.15, 0.2) is 0 Å². The first kappa shape index (κ1) is 13.5. The largest absolute Gasteiger partial charge is 0.477 e. The zero-order valence-corrected chi connectivity index (χ0v) is 10.7. The van der Waals surface area contributed by atoms with Gasteiger partial charge in [0.05, 0.1) is 18.1 Å². The molecule has 0 aliphatic carbocycles. The van der Waals surface area contributed by atoms with Gasteiger partial charge in [-0.25, -0.2) is 4.79 Å². The number of thiophene rings is 1. The first-order chi connectivity index (χ1) is 9.00. The molecule has 1 aromatic heterocycles. The van der Waals surface area contributed by atoms with Gasteiger partial charge in [0.2, 0.25) is 5.91 Å². The van der Waals surface area contributed by atoms with Crippen LogP contribution in [0, 0.1) is 0 Å². The highest BCUT2D eigenvalue weighted by Crippen LogP contribution is 2.20. The molecule has 1 aliphatic rings. The normalized spacial score (nSPS) is 19.2. The van der Waals surface area contributed by atoms with E-state index in [9.17, 15) is 14.4 Å². The van der Waals surface area contributed by atoms with Crippen molar-refractivity contribution in [3.05, 3.63) is 21.9 Å². The molecular formula is C11H12N2O5S. The van der Waals surface area contributed by atoms with Crippen molar-refractivity contribution in [2.24, 2.45) is 5.73 Å². The molecule has 1 saturated heterocycles. The number of hydrogen-bond donors (Lipinski definition) is 2. The van der Waals surface area contributed by atoms with Crippen LogP contribution in [0.15, 0.2) is 12.1 Å². The third-order valence-electron chi connectivity index (χ3n) is 2.75. The number of carbonyl (C=O) groups excluding carboxylic acids is 2. The molecule has 102 valence electrons. The van der Waals surface area contributed by atoms with Crippen LogP contribution in [0.25, 0.3) is 0 Å². The Labute approximate surface area is 112 Å². The van der Waals surface area contributed by atoms with Crippen LogP contribution in [0.1, 0.15) is 19.3 Å². The Morgan fingerprint density at radius 2 is 2.05 bits per heavy atom. The van der Waals surface area contributed by atoms with Gasteiger partial charge in [-0.1, -0.05) is 0 Å². The van der Waals surface area contributed by atoms with Crippen LogP contribution in [-0.4, -0.2) is 53.6 Å². The van der Waals surface area contributed by atoms with Crippen molar-refractivity contribution >= 4 is 29.1 Å². The number of morpholine rings is 1. The van der Waals surface area contributed by atoms with E-state index in [1.54, 1.807) is 0 Å². The van der Waals surface area contributed by atoms with Crippen LogP contribution >= 0.6 is 11.3 Å². The first-order valence-corrected chi connectivity index (χ1v) is 6.33. The molecular weight excluding hydrogens is 272 g/mol. The van der Waals surface area contributed by atoms with Gasteiger partial charge in [0, 0.05) is 6.54 Å². The first-order valence-electron chi connectivity index (χ1n) is 5.52. The molecule has 1 atom stereocenters. The summed E-state index contributed by atoms with van der Waals surface area (Å²) in [4.78, 5) is 35.9. The second-order valence-electron chi connectivity index (χ2n) is 3.96. The van der Waals surface area contributed by atoms with Crippen molar-refractivity contribution in [1.82, 2.24) is 4.90 Å². The fourth-order valence-corrected chi connectivity index (χ4v) is 2.59. The zero-order valence-electron chi connectivity index (χ0n) is 9.87. The quantitative estimate of drug-likeness (QED) is 0.797. The lowest BCUT2D eigenvalue weighted by Gasteiger charge is -2.33. The summed E-state index contributed by atoms with van der Waals surface area (Å²) in [5.41, 5.74) is 5.22. The minimum atomic E-state index is -1.09. The second kappa shape index (κ2) is 5.37. The van der Waals surface area contributed by atoms with Gasteiger partial charge in [-0.15, -0.1) is 11.3 Å². The van der Waals surface area contributed by atoms with Gasteiger partial charge in [-0.05, 0) is 12.1 Å². The van der Waals surface area contributed by atoms with Gasteiger partial charge in [0.1, 0.15) is 10.9 Å². The predicted molar refractivity (Wildman–Crippen MR) is 66.1 cm³/mol. The van der Waals surface area contributed by atoms with E-state index in [1.807, 2.05) is 0 Å². The maximum absolute atomic E-state index is 12.2. The number of amides is 2. The monoisotopic (exact) mass is 284 g/mol. The van der Waals surface area contributed by atoms with Crippen molar-refractivity contribution in [2.75, 3.05) is 19.8 Å². The van der Waals surface area contributed by atoms with Gasteiger partial charge in [0.25, 0.3) is 5.91 Å². The second-order valence-corrected chi connectivity index (χ2v) is 5.04. The summed E-state index contributed by atoms with van der Waals surface area (Å²) in [6.45, 7) is 0.650. The van der Waals surface area contributed by atoms with Crippen LogP contribution < -0.4 is 5.73 Å². The Kier molecular flexibility index (Phi) is 3.82. The van der Waals surface area contributed by atoms with Crippen molar-refractivity contribution < 1.29 is 24.2 Å². The lowest BCUT2D eigenvalue weighted by Crippen LogP contribution is -2.54. The number of primary amides is 1. The molecule has 1 aliphatic heterocycles. The number of nitrogens with zero attached hydrogens (tertiary/aromatic N) is 1. The van der Waals surface area contributed by atoms with E-state index in [0.29, 0.717) is 6.61 Å². The topological polar surface area (TPSA) is 110 Å². The average molecular weight is 284 g/mol. The molecule has 1 aromatic rings. The van der Waals surface area contributed by atoms with Gasteiger partial charge in [-0.2, -0.15) is 0 Å². The summed E-state index contributed by atoms with van der Waals surface area (Å²) in [6, 6.07) is 1.99. The third kappa shape index (κ3) is 2.74. The maximum atomic E-state index is 12.2. The van der Waals surface area contributed by atoms with E-state index in [2.05, 4.69) is 0 Å². The number of carboxylic acids is 1. The SMILES string of the molecule is NC(=O)C1COCCN1C(=O)c1ccc(C(=O)O)s1. The summed E-state index contributed by atoms with van der Waals surface area (Å²) in [5, 5.41) is 8.82. The molecule has 19 heavy (non-hydrogen) atoms. The summed E-state index contributed by atoms with van der Waals surface area (Å²) in [7, 11) is 0. The zero-order chi connectivity index (χ0) is 14.0. The highest BCUT2D eigenvalue weighted by Gasteiger charge is 2.32. The lowest BCUT2D eigenvalue weighted by molar-refractivity contribution is -0.127. The molecule has 2 heterocycles. The Morgan fingerprint density at radius 3 is 2.63 bits per heavy atom. The summed E-state index contributed by atoms with van der Waals surface area (Å²) in [5.74, 6) is -2.12. The fourth-order valence-electron chi connectivity index (χ4n) is 1.79. The Morgan fingerprint density at radius 1 is 1.37 bits per heavy atom. The molecule has 1 unspecified atom stereocenters. The Balaban J connectivity index is 2.21. The summed E-state index contributed by atoms with van der Waals surface area (Å²) < 4.78 is 5.12. The van der Waals surface area contributed by atoms with Crippen molar-refractivity contribution in [3.63, 3.8) is 0 Å². The molecule has 8 heteroatoms. The van der Waals surface area contributed by atoms with Gasteiger partial charge in [-0.3, -0.25) is 9.59 Å². The lowest BCUT2D eigenvalue weighted by atomic mass is 10.2. The van der Waals surface area contributed by atoms with E-state index in [4.69, 9.17) is 15.6 Å². The molecule has 7 nitrogen and oxygen atoms in total. The number of nitrogens with two attached hydrogens (primary N) is 1. The van der Waals surface area contributed by atoms with Crippen molar-refractivity contribution in [2.45, 2.75) is 6.04 Å². The third-order valence-corrected chi connectivity index (χ3v) is 3.81. The van der Waals surface area contributed by atoms with E-state index >= 15 is 0 Å². The molecule has 0 radical (unpaired) electrons. The standard InChI is InChI=1S/C11H12N2O5S/c12-9(14)6-5-18-4-3-13(6)10(15)7-1-2-8(19-7)11(16)17/h1-2,6H,3-5H2,(H2,12,14)(H,16,17). The molecule has 3 N–H and O–H groups in total. The average Bonchev–Trinajstić information content (AvgIpc) is 2.87. The van der Waals surface area contributed by atoms with Gasteiger partial charge >= 0.3 is 5.97 Å². The number of aromatic carboxylic acids is 1. The van der Waals surface area contributed by atoms with Gasteiger partial charge < -0.3 is 20.5 Å². The number of carbonyl (C=O) groups is 3. The maximum Gasteiger partial charge on any atom is 0.345 e. The molecule has 2 rings (SSSR count). The smallest absolute Gasteiger partial charge is 0.345 e. The van der Waals surface area contributed by atoms with Crippen molar-refractivity contribution in [1.29, 1.82) is 0 Å².